The van der Waals surface area contributed by atoms with Gasteiger partial charge < -0.3 is 14.8 Å². The molecule has 0 amide bonds. The van der Waals surface area contributed by atoms with Gasteiger partial charge >= 0.3 is 0 Å². The summed E-state index contributed by atoms with van der Waals surface area (Å²) in [5.74, 6) is 1.48. The van der Waals surface area contributed by atoms with Crippen LogP contribution in [0.15, 0.2) is 18.2 Å². The maximum atomic E-state index is 8.91. The number of rotatable bonds is 4. The van der Waals surface area contributed by atoms with E-state index in [-0.39, 0.29) is 6.61 Å². The summed E-state index contributed by atoms with van der Waals surface area (Å²) in [5.41, 5.74) is 2.60. The van der Waals surface area contributed by atoms with E-state index in [1.807, 2.05) is 19.1 Å². The molecule has 96 valence electrons. The average molecular weight is 267 g/mol. The Morgan fingerprint density at radius 3 is 2.83 bits per heavy atom. The molecule has 2 N–H and O–H groups in total. The van der Waals surface area contributed by atoms with Gasteiger partial charge in [0.05, 0.1) is 24.4 Å². The molecule has 0 radical (unpaired) electrons. The van der Waals surface area contributed by atoms with Crippen LogP contribution < -0.4 is 4.74 Å². The number of H-pyrrole nitrogens is 1. The zero-order valence-electron chi connectivity index (χ0n) is 10.3. The van der Waals surface area contributed by atoms with Gasteiger partial charge in [0.2, 0.25) is 0 Å². The fourth-order valence-corrected chi connectivity index (χ4v) is 2.08. The summed E-state index contributed by atoms with van der Waals surface area (Å²) in [6.07, 6.45) is 0.509. The van der Waals surface area contributed by atoms with Crippen molar-refractivity contribution in [2.45, 2.75) is 13.3 Å². The molecule has 0 atom stereocenters. The van der Waals surface area contributed by atoms with Crippen molar-refractivity contribution in [1.29, 1.82) is 0 Å². The number of imidazole rings is 1. The highest BCUT2D eigenvalue weighted by molar-refractivity contribution is 6.33. The van der Waals surface area contributed by atoms with E-state index in [9.17, 15) is 0 Å². The Bertz CT molecular complexity index is 552. The molecular formula is C13H15ClN2O2. The normalized spacial score (nSPS) is 10.7. The van der Waals surface area contributed by atoms with E-state index in [1.54, 1.807) is 13.2 Å². The Morgan fingerprint density at radius 2 is 2.22 bits per heavy atom. The van der Waals surface area contributed by atoms with Gasteiger partial charge in [0.1, 0.15) is 11.6 Å². The van der Waals surface area contributed by atoms with Gasteiger partial charge in [0.25, 0.3) is 0 Å². The first kappa shape index (κ1) is 12.9. The zero-order chi connectivity index (χ0) is 13.1. The number of nitrogens with zero attached hydrogens (tertiary/aromatic N) is 1. The van der Waals surface area contributed by atoms with Crippen LogP contribution in [0.5, 0.6) is 5.75 Å². The monoisotopic (exact) mass is 266 g/mol. The van der Waals surface area contributed by atoms with Crippen molar-refractivity contribution in [2.75, 3.05) is 13.7 Å². The SMILES string of the molecule is COc1ccc(-c2nc(CCO)[nH]c2C)c(Cl)c1. The third-order valence-electron chi connectivity index (χ3n) is 2.71. The molecule has 0 saturated carbocycles. The van der Waals surface area contributed by atoms with Gasteiger partial charge in [-0.2, -0.15) is 0 Å². The van der Waals surface area contributed by atoms with Gasteiger partial charge in [-0.25, -0.2) is 4.98 Å². The molecule has 0 spiro atoms. The summed E-state index contributed by atoms with van der Waals surface area (Å²) < 4.78 is 5.11. The third-order valence-corrected chi connectivity index (χ3v) is 3.03. The Labute approximate surface area is 111 Å². The molecule has 1 heterocycles. The molecule has 0 saturated heterocycles. The third kappa shape index (κ3) is 2.49. The second kappa shape index (κ2) is 5.42. The number of aryl methyl sites for hydroxylation is 1. The van der Waals surface area contributed by atoms with Crippen LogP contribution in [0.1, 0.15) is 11.5 Å². The van der Waals surface area contributed by atoms with Gasteiger partial charge in [-0.1, -0.05) is 11.6 Å². The predicted octanol–water partition coefficient (Wildman–Crippen LogP) is 2.58. The number of aromatic nitrogens is 2. The molecule has 0 bridgehead atoms. The van der Waals surface area contributed by atoms with E-state index >= 15 is 0 Å². The highest BCUT2D eigenvalue weighted by Crippen LogP contribution is 2.31. The Kier molecular flexibility index (Phi) is 3.89. The van der Waals surface area contributed by atoms with Gasteiger partial charge in [0.15, 0.2) is 0 Å². The van der Waals surface area contributed by atoms with E-state index in [2.05, 4.69) is 9.97 Å². The quantitative estimate of drug-likeness (QED) is 0.894. The molecule has 0 fully saturated rings. The topological polar surface area (TPSA) is 58.1 Å². The second-order valence-electron chi connectivity index (χ2n) is 3.98. The van der Waals surface area contributed by atoms with Gasteiger partial charge in [-0.15, -0.1) is 0 Å². The molecule has 0 aliphatic rings. The van der Waals surface area contributed by atoms with E-state index < -0.39 is 0 Å². The van der Waals surface area contributed by atoms with Crippen LogP contribution >= 0.6 is 11.6 Å². The first-order valence-electron chi connectivity index (χ1n) is 5.66. The number of aliphatic hydroxyl groups excluding tert-OH is 1. The van der Waals surface area contributed by atoms with Crippen molar-refractivity contribution in [3.05, 3.63) is 34.7 Å². The summed E-state index contributed by atoms with van der Waals surface area (Å²) in [7, 11) is 1.60. The maximum Gasteiger partial charge on any atom is 0.120 e. The van der Waals surface area contributed by atoms with Crippen molar-refractivity contribution in [1.82, 2.24) is 9.97 Å². The standard InChI is InChI=1S/C13H15ClN2O2/c1-8-13(16-12(15-8)5-6-17)10-4-3-9(18-2)7-11(10)14/h3-4,7,17H,5-6H2,1-2H3,(H,15,16). The number of hydrogen-bond acceptors (Lipinski definition) is 3. The van der Waals surface area contributed by atoms with Crippen LogP contribution in [-0.2, 0) is 6.42 Å². The highest BCUT2D eigenvalue weighted by atomic mass is 35.5. The van der Waals surface area contributed by atoms with Crippen LogP contribution in [0, 0.1) is 6.92 Å². The van der Waals surface area contributed by atoms with Crippen LogP contribution in [0.25, 0.3) is 11.3 Å². The Morgan fingerprint density at radius 1 is 1.44 bits per heavy atom. The molecule has 2 rings (SSSR count). The summed E-state index contributed by atoms with van der Waals surface area (Å²) in [6, 6.07) is 5.49. The Balaban J connectivity index is 2.41. The lowest BCUT2D eigenvalue weighted by Gasteiger charge is -2.05. The van der Waals surface area contributed by atoms with E-state index in [0.717, 1.165) is 22.8 Å². The largest absolute Gasteiger partial charge is 0.497 e. The lowest BCUT2D eigenvalue weighted by atomic mass is 10.1. The maximum absolute atomic E-state index is 8.91. The molecule has 5 heteroatoms. The van der Waals surface area contributed by atoms with E-state index in [4.69, 9.17) is 21.4 Å². The first-order valence-corrected chi connectivity index (χ1v) is 6.03. The smallest absolute Gasteiger partial charge is 0.120 e. The average Bonchev–Trinajstić information content (AvgIpc) is 2.70. The summed E-state index contributed by atoms with van der Waals surface area (Å²) >= 11 is 6.22. The molecule has 0 unspecified atom stereocenters. The highest BCUT2D eigenvalue weighted by Gasteiger charge is 2.12. The molecule has 18 heavy (non-hydrogen) atoms. The predicted molar refractivity (Wildman–Crippen MR) is 71.1 cm³/mol. The van der Waals surface area contributed by atoms with Gasteiger partial charge in [-0.3, -0.25) is 0 Å². The summed E-state index contributed by atoms with van der Waals surface area (Å²) in [5, 5.41) is 9.51. The minimum Gasteiger partial charge on any atom is -0.497 e. The molecule has 0 aliphatic carbocycles. The van der Waals surface area contributed by atoms with E-state index in [0.29, 0.717) is 17.2 Å². The molecule has 1 aromatic heterocycles. The number of halogens is 1. The van der Waals surface area contributed by atoms with Crippen molar-refractivity contribution >= 4 is 11.6 Å². The molecule has 4 nitrogen and oxygen atoms in total. The number of aliphatic hydroxyl groups is 1. The van der Waals surface area contributed by atoms with Gasteiger partial charge in [-0.05, 0) is 25.1 Å². The second-order valence-corrected chi connectivity index (χ2v) is 4.38. The molecule has 0 aliphatic heterocycles. The molecular weight excluding hydrogens is 252 g/mol. The van der Waals surface area contributed by atoms with Crippen LogP contribution in [0.4, 0.5) is 0 Å². The van der Waals surface area contributed by atoms with Crippen LogP contribution in [0.3, 0.4) is 0 Å². The number of benzene rings is 1. The summed E-state index contributed by atoms with van der Waals surface area (Å²) in [6.45, 7) is 2.01. The van der Waals surface area contributed by atoms with Crippen molar-refractivity contribution in [3.8, 4) is 17.0 Å². The summed E-state index contributed by atoms with van der Waals surface area (Å²) in [4.78, 5) is 7.58. The van der Waals surface area contributed by atoms with Crippen molar-refractivity contribution < 1.29 is 9.84 Å². The zero-order valence-corrected chi connectivity index (χ0v) is 11.1. The molecule has 1 aromatic carbocycles. The number of hydrogen-bond donors (Lipinski definition) is 2. The Hall–Kier alpha value is -1.52. The van der Waals surface area contributed by atoms with Crippen molar-refractivity contribution in [3.63, 3.8) is 0 Å². The van der Waals surface area contributed by atoms with Gasteiger partial charge in [0, 0.05) is 17.7 Å². The number of ether oxygens (including phenoxy) is 1. The fourth-order valence-electron chi connectivity index (χ4n) is 1.82. The number of methoxy groups -OCH3 is 1. The minimum absolute atomic E-state index is 0.0722. The minimum atomic E-state index is 0.0722. The fraction of sp³-hybridized carbons (Fsp3) is 0.308. The first-order chi connectivity index (χ1) is 8.65. The van der Waals surface area contributed by atoms with Crippen LogP contribution in [0.2, 0.25) is 5.02 Å². The molecule has 2 aromatic rings. The van der Waals surface area contributed by atoms with Crippen LogP contribution in [-0.4, -0.2) is 28.8 Å². The lowest BCUT2D eigenvalue weighted by Crippen LogP contribution is -1.92. The number of aromatic amines is 1. The van der Waals surface area contributed by atoms with E-state index in [1.165, 1.54) is 0 Å². The lowest BCUT2D eigenvalue weighted by molar-refractivity contribution is 0.297. The number of nitrogens with one attached hydrogen (secondary N) is 1. The van der Waals surface area contributed by atoms with Crippen molar-refractivity contribution in [2.24, 2.45) is 0 Å².